The number of aliphatic hydroxyl groups excluding tert-OH is 1. The van der Waals surface area contributed by atoms with Crippen LogP contribution in [0.5, 0.6) is 0 Å². The lowest BCUT2D eigenvalue weighted by Crippen LogP contribution is -2.57. The maximum Gasteiger partial charge on any atom is 0.416 e. The first-order chi connectivity index (χ1) is 14.8. The summed E-state index contributed by atoms with van der Waals surface area (Å²) in [7, 11) is 0. The van der Waals surface area contributed by atoms with Crippen LogP contribution in [0, 0.1) is 5.92 Å². The Morgan fingerprint density at radius 2 is 1.97 bits per heavy atom. The Balaban J connectivity index is 1.80. The van der Waals surface area contributed by atoms with Crippen molar-refractivity contribution in [3.05, 3.63) is 59.5 Å². The highest BCUT2D eigenvalue weighted by Gasteiger charge is 2.59. The fourth-order valence-corrected chi connectivity index (χ4v) is 4.81. The molecule has 3 heterocycles. The number of rotatable bonds is 3. The molecule has 1 aromatic carbocycles. The third kappa shape index (κ3) is 3.71. The molecule has 0 bridgehead atoms. The number of alkyl halides is 3. The number of aliphatic hydroxyl groups is 1. The van der Waals surface area contributed by atoms with Gasteiger partial charge in [0.15, 0.2) is 0 Å². The molecule has 6 nitrogen and oxygen atoms in total. The number of halogens is 3. The molecule has 0 saturated carbocycles. The maximum absolute atomic E-state index is 13.6. The fraction of sp³-hybridized carbons (Fsp3) is 0.455. The molecule has 2 saturated heterocycles. The quantitative estimate of drug-likeness (QED) is 0.771. The van der Waals surface area contributed by atoms with Crippen LogP contribution in [0.15, 0.2) is 47.1 Å². The zero-order valence-corrected chi connectivity index (χ0v) is 16.7. The van der Waals surface area contributed by atoms with Crippen molar-refractivity contribution in [3.63, 3.8) is 0 Å². The summed E-state index contributed by atoms with van der Waals surface area (Å²) in [5.74, 6) is -0.900. The lowest BCUT2D eigenvalue weighted by Gasteiger charge is -2.38. The van der Waals surface area contributed by atoms with Crippen LogP contribution in [0.3, 0.4) is 0 Å². The van der Waals surface area contributed by atoms with Gasteiger partial charge in [-0.1, -0.05) is 0 Å². The van der Waals surface area contributed by atoms with E-state index in [1.54, 1.807) is 12.1 Å². The third-order valence-corrected chi connectivity index (χ3v) is 6.26. The number of nitrogens with one attached hydrogen (secondary N) is 1. The second-order valence-electron chi connectivity index (χ2n) is 8.10. The molecule has 166 valence electrons. The van der Waals surface area contributed by atoms with Gasteiger partial charge in [-0.2, -0.15) is 13.2 Å². The number of furan rings is 1. The van der Waals surface area contributed by atoms with Gasteiger partial charge in [-0.25, -0.2) is 0 Å². The summed E-state index contributed by atoms with van der Waals surface area (Å²) < 4.78 is 44.4. The number of benzene rings is 1. The molecule has 2 fully saturated rings. The van der Waals surface area contributed by atoms with Gasteiger partial charge in [0.05, 0.1) is 17.9 Å². The van der Waals surface area contributed by atoms with E-state index in [2.05, 4.69) is 5.32 Å². The molecule has 1 spiro atoms. The Morgan fingerprint density at radius 3 is 2.58 bits per heavy atom. The minimum absolute atomic E-state index is 0.0413. The number of likely N-dealkylation sites (tertiary alicyclic amines) is 1. The zero-order chi connectivity index (χ0) is 22.2. The van der Waals surface area contributed by atoms with Crippen molar-refractivity contribution >= 4 is 11.8 Å². The molecule has 2 aliphatic rings. The van der Waals surface area contributed by atoms with E-state index in [1.807, 2.05) is 0 Å². The topological polar surface area (TPSA) is 82.8 Å². The largest absolute Gasteiger partial charge is 0.467 e. The molecular weight excluding hydrogens is 413 g/mol. The first-order valence-corrected chi connectivity index (χ1v) is 10.2. The van der Waals surface area contributed by atoms with Crippen LogP contribution in [-0.4, -0.2) is 40.5 Å². The summed E-state index contributed by atoms with van der Waals surface area (Å²) in [6.45, 7) is 0.218. The van der Waals surface area contributed by atoms with E-state index < -0.39 is 35.1 Å². The summed E-state index contributed by atoms with van der Waals surface area (Å²) in [5, 5.41) is 12.9. The van der Waals surface area contributed by atoms with Gasteiger partial charge >= 0.3 is 6.18 Å². The van der Waals surface area contributed by atoms with Crippen molar-refractivity contribution < 1.29 is 32.3 Å². The van der Waals surface area contributed by atoms with Crippen LogP contribution in [0.4, 0.5) is 13.2 Å². The Bertz CT molecular complexity index is 943. The van der Waals surface area contributed by atoms with E-state index in [4.69, 9.17) is 4.42 Å². The number of amides is 2. The summed E-state index contributed by atoms with van der Waals surface area (Å²) in [4.78, 5) is 28.3. The SMILES string of the molecule is O=C(c1ccc(C(F)(F)F)cc1)N1[C@@H](c2ccco2)[C@@H](CO)C[C@]12CCCCNC2=O. The highest BCUT2D eigenvalue weighted by Crippen LogP contribution is 2.50. The minimum atomic E-state index is -4.52. The summed E-state index contributed by atoms with van der Waals surface area (Å²) in [5.41, 5.74) is -2.02. The van der Waals surface area contributed by atoms with Crippen LogP contribution >= 0.6 is 0 Å². The van der Waals surface area contributed by atoms with Crippen LogP contribution in [0.25, 0.3) is 0 Å². The first-order valence-electron chi connectivity index (χ1n) is 10.2. The highest BCUT2D eigenvalue weighted by molar-refractivity contribution is 6.00. The maximum atomic E-state index is 13.6. The van der Waals surface area contributed by atoms with Gasteiger partial charge in [0.25, 0.3) is 5.91 Å². The Kier molecular flexibility index (Phi) is 5.55. The van der Waals surface area contributed by atoms with E-state index in [1.165, 1.54) is 11.2 Å². The van der Waals surface area contributed by atoms with E-state index in [9.17, 15) is 27.9 Å². The Morgan fingerprint density at radius 1 is 1.23 bits per heavy atom. The van der Waals surface area contributed by atoms with Crippen LogP contribution in [0.1, 0.15) is 53.4 Å². The molecule has 3 atom stereocenters. The van der Waals surface area contributed by atoms with Crippen molar-refractivity contribution in [3.8, 4) is 0 Å². The minimum Gasteiger partial charge on any atom is -0.467 e. The van der Waals surface area contributed by atoms with E-state index in [0.717, 1.165) is 30.7 Å². The predicted octanol–water partition coefficient (Wildman–Crippen LogP) is 3.53. The molecule has 1 aromatic heterocycles. The van der Waals surface area contributed by atoms with Crippen molar-refractivity contribution in [2.75, 3.05) is 13.2 Å². The number of carbonyl (C=O) groups is 2. The van der Waals surface area contributed by atoms with Gasteiger partial charge in [0.1, 0.15) is 11.3 Å². The van der Waals surface area contributed by atoms with Gasteiger partial charge in [0.2, 0.25) is 5.91 Å². The van der Waals surface area contributed by atoms with Gasteiger partial charge in [-0.15, -0.1) is 0 Å². The molecule has 2 N–H and O–H groups in total. The molecule has 0 radical (unpaired) electrons. The number of hydrogen-bond acceptors (Lipinski definition) is 4. The first kappa shape index (κ1) is 21.4. The third-order valence-electron chi connectivity index (χ3n) is 6.26. The molecule has 31 heavy (non-hydrogen) atoms. The molecule has 0 aliphatic carbocycles. The molecule has 0 unspecified atom stereocenters. The molecule has 4 rings (SSSR count). The van der Waals surface area contributed by atoms with Crippen molar-refractivity contribution in [2.24, 2.45) is 5.92 Å². The summed E-state index contributed by atoms with van der Waals surface area (Å²) >= 11 is 0. The lowest BCUT2D eigenvalue weighted by atomic mass is 9.86. The second-order valence-corrected chi connectivity index (χ2v) is 8.10. The molecule has 2 aromatic rings. The highest BCUT2D eigenvalue weighted by atomic mass is 19.4. The Labute approximate surface area is 177 Å². The second kappa shape index (κ2) is 8.03. The summed E-state index contributed by atoms with van der Waals surface area (Å²) in [6, 6.07) is 6.58. The van der Waals surface area contributed by atoms with Crippen molar-refractivity contribution in [2.45, 2.75) is 43.4 Å². The van der Waals surface area contributed by atoms with Gasteiger partial charge in [-0.3, -0.25) is 9.59 Å². The van der Waals surface area contributed by atoms with Gasteiger partial charge in [0, 0.05) is 24.6 Å². The van der Waals surface area contributed by atoms with Crippen LogP contribution < -0.4 is 5.32 Å². The molecule has 2 aliphatic heterocycles. The van der Waals surface area contributed by atoms with E-state index >= 15 is 0 Å². The van der Waals surface area contributed by atoms with E-state index in [0.29, 0.717) is 25.1 Å². The van der Waals surface area contributed by atoms with Crippen molar-refractivity contribution in [1.82, 2.24) is 10.2 Å². The molecule has 9 heteroatoms. The van der Waals surface area contributed by atoms with Gasteiger partial charge < -0.3 is 19.7 Å². The zero-order valence-electron chi connectivity index (χ0n) is 16.7. The Hall–Kier alpha value is -2.81. The van der Waals surface area contributed by atoms with E-state index in [-0.39, 0.29) is 24.5 Å². The number of nitrogens with zero attached hydrogens (tertiary/aromatic N) is 1. The fourth-order valence-electron chi connectivity index (χ4n) is 4.81. The number of hydrogen-bond donors (Lipinski definition) is 2. The lowest BCUT2D eigenvalue weighted by molar-refractivity contribution is -0.137. The average molecular weight is 436 g/mol. The number of carbonyl (C=O) groups excluding carboxylic acids is 2. The normalized spacial score (nSPS) is 26.7. The standard InChI is InChI=1S/C22H23F3N2O4/c23-22(24,25)16-7-5-14(6-8-16)19(29)27-18(17-4-3-11-31-17)15(13-28)12-21(27)9-1-2-10-26-20(21)30/h3-8,11,15,18,28H,1-2,9-10,12-13H2,(H,26,30)/t15-,18-,21+/m1/s1. The summed E-state index contributed by atoms with van der Waals surface area (Å²) in [6.07, 6.45) is -0.978. The van der Waals surface area contributed by atoms with Crippen LogP contribution in [-0.2, 0) is 11.0 Å². The molecule has 2 amide bonds. The van der Waals surface area contributed by atoms with Gasteiger partial charge in [-0.05, 0) is 62.1 Å². The molecular formula is C22H23F3N2O4. The van der Waals surface area contributed by atoms with Crippen LogP contribution in [0.2, 0.25) is 0 Å². The monoisotopic (exact) mass is 436 g/mol. The van der Waals surface area contributed by atoms with Crippen molar-refractivity contribution in [1.29, 1.82) is 0 Å². The smallest absolute Gasteiger partial charge is 0.416 e. The average Bonchev–Trinajstić information content (AvgIpc) is 3.34. The predicted molar refractivity (Wildman–Crippen MR) is 104 cm³/mol.